The third-order valence-corrected chi connectivity index (χ3v) is 5.18. The summed E-state index contributed by atoms with van der Waals surface area (Å²) in [5.74, 6) is -1.12. The molecule has 29 heavy (non-hydrogen) atoms. The molecular weight excluding hydrogens is 368 g/mol. The van der Waals surface area contributed by atoms with Gasteiger partial charge in [-0.05, 0) is 49.9 Å². The monoisotopic (exact) mass is 394 g/mol. The van der Waals surface area contributed by atoms with Gasteiger partial charge in [-0.25, -0.2) is 4.79 Å². The molecule has 0 spiro atoms. The van der Waals surface area contributed by atoms with Gasteiger partial charge in [0.15, 0.2) is 6.61 Å². The smallest absolute Gasteiger partial charge is 0.340 e. The number of hydrogen-bond acceptors (Lipinski definition) is 4. The summed E-state index contributed by atoms with van der Waals surface area (Å²) in [6, 6.07) is 15.6. The zero-order valence-corrected chi connectivity index (χ0v) is 16.6. The summed E-state index contributed by atoms with van der Waals surface area (Å²) in [6.45, 7) is 2.48. The van der Waals surface area contributed by atoms with E-state index in [0.29, 0.717) is 17.8 Å². The van der Waals surface area contributed by atoms with Crippen molar-refractivity contribution in [3.05, 3.63) is 65.7 Å². The van der Waals surface area contributed by atoms with Gasteiger partial charge in [-0.3, -0.25) is 9.59 Å². The molecule has 6 heteroatoms. The highest BCUT2D eigenvalue weighted by molar-refractivity contribution is 6.08. The van der Waals surface area contributed by atoms with Gasteiger partial charge in [-0.2, -0.15) is 0 Å². The van der Waals surface area contributed by atoms with Gasteiger partial charge in [-0.15, -0.1) is 0 Å². The van der Waals surface area contributed by atoms with Crippen molar-refractivity contribution in [1.29, 1.82) is 0 Å². The highest BCUT2D eigenvalue weighted by Crippen LogP contribution is 2.21. The van der Waals surface area contributed by atoms with Crippen LogP contribution >= 0.6 is 0 Å². The summed E-state index contributed by atoms with van der Waals surface area (Å²) in [5, 5.41) is 2.74. The molecule has 0 bridgehead atoms. The van der Waals surface area contributed by atoms with Crippen molar-refractivity contribution >= 4 is 23.5 Å². The molecule has 1 aliphatic rings. The second-order valence-corrected chi connectivity index (χ2v) is 7.09. The third kappa shape index (κ3) is 5.22. The van der Waals surface area contributed by atoms with Crippen LogP contribution in [0.2, 0.25) is 0 Å². The Morgan fingerprint density at radius 1 is 1.03 bits per heavy atom. The number of carbonyl (C=O) groups excluding carboxylic acids is 3. The van der Waals surface area contributed by atoms with Crippen molar-refractivity contribution in [3.8, 4) is 0 Å². The molecule has 152 valence electrons. The molecule has 1 saturated heterocycles. The number of rotatable bonds is 6. The van der Waals surface area contributed by atoms with Crippen molar-refractivity contribution in [2.45, 2.75) is 38.6 Å². The first-order chi connectivity index (χ1) is 14.1. The Morgan fingerprint density at radius 2 is 1.76 bits per heavy atom. The normalized spacial score (nSPS) is 16.2. The maximum atomic E-state index is 12.6. The molecule has 0 aromatic heterocycles. The van der Waals surface area contributed by atoms with Gasteiger partial charge in [0.2, 0.25) is 0 Å². The molecule has 1 N–H and O–H groups in total. The van der Waals surface area contributed by atoms with E-state index in [1.165, 1.54) is 0 Å². The lowest BCUT2D eigenvalue weighted by molar-refractivity contribution is -0.138. The number of piperidine rings is 1. The van der Waals surface area contributed by atoms with E-state index in [2.05, 4.69) is 12.2 Å². The minimum absolute atomic E-state index is 0.171. The highest BCUT2D eigenvalue weighted by atomic mass is 16.5. The van der Waals surface area contributed by atoms with Crippen LogP contribution in [0.25, 0.3) is 0 Å². The number of anilines is 1. The number of para-hydroxylation sites is 1. The van der Waals surface area contributed by atoms with Crippen LogP contribution in [0.1, 0.15) is 53.3 Å². The molecule has 0 saturated carbocycles. The quantitative estimate of drug-likeness (QED) is 0.755. The predicted molar refractivity (Wildman–Crippen MR) is 111 cm³/mol. The minimum Gasteiger partial charge on any atom is -0.452 e. The van der Waals surface area contributed by atoms with Crippen LogP contribution in [0.15, 0.2) is 54.6 Å². The van der Waals surface area contributed by atoms with Gasteiger partial charge in [-0.1, -0.05) is 37.3 Å². The van der Waals surface area contributed by atoms with Crippen molar-refractivity contribution in [2.24, 2.45) is 0 Å². The lowest BCUT2D eigenvalue weighted by Gasteiger charge is -2.35. The number of esters is 1. The largest absolute Gasteiger partial charge is 0.452 e. The molecule has 2 aromatic carbocycles. The number of carbonyl (C=O) groups is 3. The molecule has 0 aliphatic carbocycles. The van der Waals surface area contributed by atoms with Crippen LogP contribution in [0.4, 0.5) is 5.69 Å². The second-order valence-electron chi connectivity index (χ2n) is 7.09. The average molecular weight is 394 g/mol. The van der Waals surface area contributed by atoms with Crippen LogP contribution < -0.4 is 5.32 Å². The van der Waals surface area contributed by atoms with E-state index < -0.39 is 5.97 Å². The minimum atomic E-state index is -0.632. The maximum Gasteiger partial charge on any atom is 0.340 e. The molecule has 3 rings (SSSR count). The first-order valence-electron chi connectivity index (χ1n) is 10.0. The Labute approximate surface area is 170 Å². The standard InChI is InChI=1S/C23H26N2O4/c1-2-18-12-8-9-15-25(18)21(26)16-29-23(28)19-13-6-7-14-20(19)24-22(27)17-10-4-3-5-11-17/h3-7,10-11,13-14,18H,2,8-9,12,15-16H2,1H3,(H,24,27)/t18-/m0/s1. The van der Waals surface area contributed by atoms with Gasteiger partial charge < -0.3 is 15.0 Å². The molecule has 2 amide bonds. The summed E-state index contributed by atoms with van der Waals surface area (Å²) in [4.78, 5) is 39.3. The van der Waals surface area contributed by atoms with Crippen molar-refractivity contribution < 1.29 is 19.1 Å². The van der Waals surface area contributed by atoms with E-state index in [1.807, 2.05) is 11.0 Å². The molecule has 1 aliphatic heterocycles. The Morgan fingerprint density at radius 3 is 2.52 bits per heavy atom. The summed E-state index contributed by atoms with van der Waals surface area (Å²) in [5.41, 5.74) is 1.06. The van der Waals surface area contributed by atoms with Crippen LogP contribution in [0.3, 0.4) is 0 Å². The zero-order chi connectivity index (χ0) is 20.6. The molecule has 1 fully saturated rings. The predicted octanol–water partition coefficient (Wildman–Crippen LogP) is 3.89. The van der Waals surface area contributed by atoms with E-state index in [9.17, 15) is 14.4 Å². The van der Waals surface area contributed by atoms with E-state index in [-0.39, 0.29) is 30.0 Å². The van der Waals surface area contributed by atoms with E-state index in [0.717, 1.165) is 25.7 Å². The van der Waals surface area contributed by atoms with Gasteiger partial charge >= 0.3 is 5.97 Å². The summed E-state index contributed by atoms with van der Waals surface area (Å²) >= 11 is 0. The Hall–Kier alpha value is -3.15. The summed E-state index contributed by atoms with van der Waals surface area (Å²) in [7, 11) is 0. The number of nitrogens with one attached hydrogen (secondary N) is 1. The number of amides is 2. The molecular formula is C23H26N2O4. The van der Waals surface area contributed by atoms with E-state index in [4.69, 9.17) is 4.74 Å². The molecule has 2 aromatic rings. The van der Waals surface area contributed by atoms with E-state index in [1.54, 1.807) is 48.5 Å². The Bertz CT molecular complexity index is 866. The molecule has 0 radical (unpaired) electrons. The van der Waals surface area contributed by atoms with Gasteiger partial charge in [0, 0.05) is 18.2 Å². The Balaban J connectivity index is 1.64. The van der Waals surface area contributed by atoms with Gasteiger partial charge in [0.05, 0.1) is 11.3 Å². The number of nitrogens with zero attached hydrogens (tertiary/aromatic N) is 1. The fourth-order valence-electron chi connectivity index (χ4n) is 3.60. The number of ether oxygens (including phenoxy) is 1. The van der Waals surface area contributed by atoms with Gasteiger partial charge in [0.1, 0.15) is 0 Å². The number of hydrogen-bond donors (Lipinski definition) is 1. The summed E-state index contributed by atoms with van der Waals surface area (Å²) in [6.07, 6.45) is 3.99. The van der Waals surface area contributed by atoms with Crippen molar-refractivity contribution in [3.63, 3.8) is 0 Å². The van der Waals surface area contributed by atoms with Crippen LogP contribution in [0, 0.1) is 0 Å². The van der Waals surface area contributed by atoms with Gasteiger partial charge in [0.25, 0.3) is 11.8 Å². The van der Waals surface area contributed by atoms with Crippen LogP contribution in [0.5, 0.6) is 0 Å². The first kappa shape index (κ1) is 20.6. The average Bonchev–Trinajstić information content (AvgIpc) is 2.78. The lowest BCUT2D eigenvalue weighted by Crippen LogP contribution is -2.45. The fraction of sp³-hybridized carbons (Fsp3) is 0.348. The SMILES string of the molecule is CC[C@H]1CCCCN1C(=O)COC(=O)c1ccccc1NC(=O)c1ccccc1. The van der Waals surface area contributed by atoms with Crippen LogP contribution in [-0.4, -0.2) is 41.9 Å². The van der Waals surface area contributed by atoms with E-state index >= 15 is 0 Å². The number of likely N-dealkylation sites (tertiary alicyclic amines) is 1. The molecule has 0 unspecified atom stereocenters. The molecule has 6 nitrogen and oxygen atoms in total. The first-order valence-corrected chi connectivity index (χ1v) is 10.0. The highest BCUT2D eigenvalue weighted by Gasteiger charge is 2.26. The second kappa shape index (κ2) is 9.87. The van der Waals surface area contributed by atoms with Crippen molar-refractivity contribution in [1.82, 2.24) is 4.90 Å². The molecule has 1 atom stereocenters. The Kier molecular flexibility index (Phi) is 7.00. The van der Waals surface area contributed by atoms with Crippen LogP contribution in [-0.2, 0) is 9.53 Å². The molecule has 1 heterocycles. The maximum absolute atomic E-state index is 12.6. The zero-order valence-electron chi connectivity index (χ0n) is 16.6. The number of benzene rings is 2. The third-order valence-electron chi connectivity index (χ3n) is 5.18. The van der Waals surface area contributed by atoms with Crippen molar-refractivity contribution in [2.75, 3.05) is 18.5 Å². The fourth-order valence-corrected chi connectivity index (χ4v) is 3.60. The topological polar surface area (TPSA) is 75.7 Å². The summed E-state index contributed by atoms with van der Waals surface area (Å²) < 4.78 is 5.28. The lowest BCUT2D eigenvalue weighted by atomic mass is 10.00.